The van der Waals surface area contributed by atoms with Crippen LogP contribution in [0, 0.1) is 11.8 Å². The Balaban J connectivity index is 2.29. The first-order valence-electron chi connectivity index (χ1n) is 6.05. The molecule has 1 fully saturated rings. The molecule has 2 heteroatoms. The molecular weight excluding hydrogens is 186 g/mol. The zero-order valence-corrected chi connectivity index (χ0v) is 9.97. The van der Waals surface area contributed by atoms with Gasteiger partial charge in [-0.2, -0.15) is 0 Å². The molecule has 0 unspecified atom stereocenters. The van der Waals surface area contributed by atoms with Crippen molar-refractivity contribution in [1.82, 2.24) is 5.32 Å². The summed E-state index contributed by atoms with van der Waals surface area (Å²) in [6, 6.07) is 0.618. The molecule has 1 rings (SSSR count). The van der Waals surface area contributed by atoms with E-state index >= 15 is 0 Å². The van der Waals surface area contributed by atoms with Gasteiger partial charge in [-0.05, 0) is 45.6 Å². The highest BCUT2D eigenvalue weighted by atomic mass is 16.3. The van der Waals surface area contributed by atoms with Gasteiger partial charge in [-0.25, -0.2) is 0 Å². The third-order valence-corrected chi connectivity index (χ3v) is 3.30. The van der Waals surface area contributed by atoms with Crippen LogP contribution in [-0.4, -0.2) is 23.3 Å². The van der Waals surface area contributed by atoms with E-state index < -0.39 is 5.60 Å². The molecule has 0 radical (unpaired) electrons. The normalized spacial score (nSPS) is 30.7. The van der Waals surface area contributed by atoms with E-state index in [1.807, 2.05) is 6.92 Å². The van der Waals surface area contributed by atoms with Crippen LogP contribution >= 0.6 is 0 Å². The number of rotatable bonds is 4. The summed E-state index contributed by atoms with van der Waals surface area (Å²) in [6.07, 6.45) is 5.73. The minimum Gasteiger partial charge on any atom is -0.390 e. The first kappa shape index (κ1) is 12.5. The molecule has 0 aromatic carbocycles. The van der Waals surface area contributed by atoms with E-state index in [4.69, 9.17) is 0 Å². The molecule has 15 heavy (non-hydrogen) atoms. The van der Waals surface area contributed by atoms with E-state index in [0.717, 1.165) is 45.1 Å². The van der Waals surface area contributed by atoms with Crippen molar-refractivity contribution >= 4 is 0 Å². The maximum atomic E-state index is 10.3. The van der Waals surface area contributed by atoms with Crippen LogP contribution in [0.5, 0.6) is 0 Å². The molecule has 1 aliphatic carbocycles. The van der Waals surface area contributed by atoms with Crippen LogP contribution in [-0.2, 0) is 0 Å². The molecule has 0 amide bonds. The molecule has 0 aromatic rings. The van der Waals surface area contributed by atoms with Gasteiger partial charge < -0.3 is 10.4 Å². The maximum absolute atomic E-state index is 10.3. The molecule has 2 N–H and O–H groups in total. The second-order valence-corrected chi connectivity index (χ2v) is 4.48. The van der Waals surface area contributed by atoms with Crippen molar-refractivity contribution in [3.05, 3.63) is 0 Å². The largest absolute Gasteiger partial charge is 0.390 e. The second kappa shape index (κ2) is 6.15. The van der Waals surface area contributed by atoms with Crippen molar-refractivity contribution in [3.63, 3.8) is 0 Å². The van der Waals surface area contributed by atoms with E-state index in [0.29, 0.717) is 6.04 Å². The molecule has 1 saturated carbocycles. The summed E-state index contributed by atoms with van der Waals surface area (Å²) in [6.45, 7) is 5.02. The van der Waals surface area contributed by atoms with Gasteiger partial charge in [-0.1, -0.05) is 6.92 Å². The SMILES string of the molecule is CC#CCCC1(O)CCC(NCC)CC1. The Hall–Kier alpha value is -0.520. The second-order valence-electron chi connectivity index (χ2n) is 4.48. The predicted octanol–water partition coefficient (Wildman–Crippen LogP) is 2.07. The Morgan fingerprint density at radius 3 is 2.60 bits per heavy atom. The molecule has 0 atom stereocenters. The van der Waals surface area contributed by atoms with Crippen LogP contribution in [0.4, 0.5) is 0 Å². The predicted molar refractivity (Wildman–Crippen MR) is 63.6 cm³/mol. The molecule has 0 heterocycles. The summed E-state index contributed by atoms with van der Waals surface area (Å²) in [5.74, 6) is 5.91. The van der Waals surface area contributed by atoms with Gasteiger partial charge in [0.25, 0.3) is 0 Å². The van der Waals surface area contributed by atoms with Crippen LogP contribution in [0.15, 0.2) is 0 Å². The lowest BCUT2D eigenvalue weighted by Gasteiger charge is -2.36. The Morgan fingerprint density at radius 2 is 2.07 bits per heavy atom. The Morgan fingerprint density at radius 1 is 1.40 bits per heavy atom. The minimum absolute atomic E-state index is 0.435. The Kier molecular flexibility index (Phi) is 5.14. The summed E-state index contributed by atoms with van der Waals surface area (Å²) < 4.78 is 0. The van der Waals surface area contributed by atoms with E-state index in [9.17, 15) is 5.11 Å². The van der Waals surface area contributed by atoms with Crippen LogP contribution in [0.1, 0.15) is 52.4 Å². The molecular formula is C13H23NO. The summed E-state index contributed by atoms with van der Waals surface area (Å²) >= 11 is 0. The smallest absolute Gasteiger partial charge is 0.0658 e. The van der Waals surface area contributed by atoms with Gasteiger partial charge in [0.2, 0.25) is 0 Å². The first-order chi connectivity index (χ1) is 7.20. The number of nitrogens with one attached hydrogen (secondary N) is 1. The zero-order chi connectivity index (χ0) is 11.1. The molecule has 0 aliphatic heterocycles. The topological polar surface area (TPSA) is 32.3 Å². The lowest BCUT2D eigenvalue weighted by molar-refractivity contribution is -0.00951. The van der Waals surface area contributed by atoms with Crippen LogP contribution in [0.25, 0.3) is 0 Å². The van der Waals surface area contributed by atoms with Gasteiger partial charge in [-0.3, -0.25) is 0 Å². The van der Waals surface area contributed by atoms with Gasteiger partial charge >= 0.3 is 0 Å². The van der Waals surface area contributed by atoms with Gasteiger partial charge in [0.15, 0.2) is 0 Å². The standard InChI is InChI=1S/C13H23NO/c1-3-5-6-9-13(15)10-7-12(8-11-13)14-4-2/h12,14-15H,4,6-11H2,1-2H3. The Labute approximate surface area is 93.5 Å². The maximum Gasteiger partial charge on any atom is 0.0658 e. The lowest BCUT2D eigenvalue weighted by atomic mass is 9.79. The summed E-state index contributed by atoms with van der Waals surface area (Å²) in [4.78, 5) is 0. The first-order valence-corrected chi connectivity index (χ1v) is 6.05. The highest BCUT2D eigenvalue weighted by molar-refractivity contribution is 4.98. The minimum atomic E-state index is -0.435. The molecule has 0 bridgehead atoms. The zero-order valence-electron chi connectivity index (χ0n) is 9.97. The van der Waals surface area contributed by atoms with Gasteiger partial charge in [0.1, 0.15) is 0 Å². The fraction of sp³-hybridized carbons (Fsp3) is 0.846. The summed E-state index contributed by atoms with van der Waals surface area (Å²) in [5.41, 5.74) is -0.435. The fourth-order valence-electron chi connectivity index (χ4n) is 2.32. The Bertz CT molecular complexity index is 231. The van der Waals surface area contributed by atoms with Crippen molar-refractivity contribution in [1.29, 1.82) is 0 Å². The summed E-state index contributed by atoms with van der Waals surface area (Å²) in [5, 5.41) is 13.7. The molecule has 1 aliphatic rings. The number of aliphatic hydroxyl groups is 1. The van der Waals surface area contributed by atoms with Crippen molar-refractivity contribution in [2.45, 2.75) is 64.0 Å². The lowest BCUT2D eigenvalue weighted by Crippen LogP contribution is -2.41. The third kappa shape index (κ3) is 4.24. The van der Waals surface area contributed by atoms with Crippen LogP contribution in [0.2, 0.25) is 0 Å². The third-order valence-electron chi connectivity index (χ3n) is 3.30. The van der Waals surface area contributed by atoms with Crippen molar-refractivity contribution < 1.29 is 5.11 Å². The average molecular weight is 209 g/mol. The van der Waals surface area contributed by atoms with Crippen LogP contribution in [0.3, 0.4) is 0 Å². The van der Waals surface area contributed by atoms with E-state index in [1.165, 1.54) is 0 Å². The quantitative estimate of drug-likeness (QED) is 0.695. The monoisotopic (exact) mass is 209 g/mol. The van der Waals surface area contributed by atoms with Gasteiger partial charge in [0.05, 0.1) is 5.60 Å². The van der Waals surface area contributed by atoms with Gasteiger partial charge in [0, 0.05) is 12.5 Å². The van der Waals surface area contributed by atoms with Gasteiger partial charge in [-0.15, -0.1) is 11.8 Å². The van der Waals surface area contributed by atoms with Crippen molar-refractivity contribution in [2.24, 2.45) is 0 Å². The van der Waals surface area contributed by atoms with E-state index in [1.54, 1.807) is 0 Å². The van der Waals surface area contributed by atoms with Crippen molar-refractivity contribution in [3.8, 4) is 11.8 Å². The highest BCUT2D eigenvalue weighted by Gasteiger charge is 2.31. The summed E-state index contributed by atoms with van der Waals surface area (Å²) in [7, 11) is 0. The fourth-order valence-corrected chi connectivity index (χ4v) is 2.32. The van der Waals surface area contributed by atoms with E-state index in [2.05, 4.69) is 24.1 Å². The molecule has 2 nitrogen and oxygen atoms in total. The van der Waals surface area contributed by atoms with Crippen molar-refractivity contribution in [2.75, 3.05) is 6.54 Å². The molecule has 86 valence electrons. The molecule has 0 spiro atoms. The molecule has 0 saturated heterocycles. The highest BCUT2D eigenvalue weighted by Crippen LogP contribution is 2.31. The van der Waals surface area contributed by atoms with E-state index in [-0.39, 0.29) is 0 Å². The van der Waals surface area contributed by atoms with Crippen LogP contribution < -0.4 is 5.32 Å². The average Bonchev–Trinajstić information content (AvgIpc) is 2.23. The molecule has 0 aromatic heterocycles. The number of hydrogen-bond donors (Lipinski definition) is 2. The number of hydrogen-bond acceptors (Lipinski definition) is 2.